The first-order chi connectivity index (χ1) is 10.2. The van der Waals surface area contributed by atoms with E-state index in [-0.39, 0.29) is 12.1 Å². The average molecular weight is 294 g/mol. The zero-order valence-corrected chi connectivity index (χ0v) is 13.1. The first-order valence-electron chi connectivity index (χ1n) is 7.32. The molecule has 0 spiro atoms. The molecule has 0 heterocycles. The molecule has 0 saturated carbocycles. The molecule has 0 aliphatic rings. The normalized spacial score (nSPS) is 11.8. The first kappa shape index (κ1) is 17.3. The minimum absolute atomic E-state index is 0.117. The van der Waals surface area contributed by atoms with E-state index >= 15 is 0 Å². The van der Waals surface area contributed by atoms with Crippen LogP contribution in [0.3, 0.4) is 0 Å². The number of methoxy groups -OCH3 is 2. The maximum atomic E-state index is 11.6. The molecule has 1 aromatic rings. The number of carbonyl (C=O) groups excluding carboxylic acids is 1. The predicted molar refractivity (Wildman–Crippen MR) is 83.8 cm³/mol. The number of nitrogens with one attached hydrogen (secondary N) is 2. The van der Waals surface area contributed by atoms with Crippen LogP contribution < -0.4 is 15.4 Å². The molecule has 21 heavy (non-hydrogen) atoms. The molecular formula is C16H26N2O3. The summed E-state index contributed by atoms with van der Waals surface area (Å²) in [5.74, 6) is 0.861. The van der Waals surface area contributed by atoms with Crippen molar-refractivity contribution in [3.63, 3.8) is 0 Å². The minimum Gasteiger partial charge on any atom is -0.497 e. The lowest BCUT2D eigenvalue weighted by atomic mass is 10.1. The van der Waals surface area contributed by atoms with Crippen LogP contribution >= 0.6 is 0 Å². The molecule has 1 unspecified atom stereocenters. The second-order valence-electron chi connectivity index (χ2n) is 5.03. The van der Waals surface area contributed by atoms with E-state index in [9.17, 15) is 4.79 Å². The van der Waals surface area contributed by atoms with Crippen LogP contribution in [0.2, 0.25) is 0 Å². The maximum absolute atomic E-state index is 11.6. The highest BCUT2D eigenvalue weighted by molar-refractivity contribution is 5.74. The molecule has 2 N–H and O–H groups in total. The van der Waals surface area contributed by atoms with Crippen molar-refractivity contribution in [3.05, 3.63) is 29.8 Å². The summed E-state index contributed by atoms with van der Waals surface area (Å²) in [5.41, 5.74) is 1.24. The van der Waals surface area contributed by atoms with Crippen LogP contribution in [-0.2, 0) is 11.2 Å². The van der Waals surface area contributed by atoms with Crippen LogP contribution in [-0.4, -0.2) is 39.4 Å². The Hall–Kier alpha value is -1.75. The molecule has 0 aliphatic heterocycles. The predicted octanol–water partition coefficient (Wildman–Crippen LogP) is 2.35. The van der Waals surface area contributed by atoms with Crippen LogP contribution in [0.5, 0.6) is 5.75 Å². The zero-order valence-electron chi connectivity index (χ0n) is 13.1. The molecule has 2 amide bonds. The molecule has 1 rings (SSSR count). The van der Waals surface area contributed by atoms with Gasteiger partial charge in [0.05, 0.1) is 7.11 Å². The molecule has 0 fully saturated rings. The fourth-order valence-corrected chi connectivity index (χ4v) is 1.94. The van der Waals surface area contributed by atoms with Crippen molar-refractivity contribution in [2.45, 2.75) is 32.2 Å². The molecule has 0 aliphatic carbocycles. The Bertz CT molecular complexity index is 406. The van der Waals surface area contributed by atoms with E-state index in [4.69, 9.17) is 9.47 Å². The van der Waals surface area contributed by atoms with E-state index in [2.05, 4.69) is 22.8 Å². The second-order valence-corrected chi connectivity index (χ2v) is 5.03. The summed E-state index contributed by atoms with van der Waals surface area (Å²) in [6, 6.07) is 8.03. The van der Waals surface area contributed by atoms with Crippen molar-refractivity contribution < 1.29 is 14.3 Å². The third kappa shape index (κ3) is 7.56. The topological polar surface area (TPSA) is 59.6 Å². The summed E-state index contributed by atoms with van der Waals surface area (Å²) in [7, 11) is 3.31. The lowest BCUT2D eigenvalue weighted by Gasteiger charge is -2.14. The van der Waals surface area contributed by atoms with Gasteiger partial charge in [-0.15, -0.1) is 0 Å². The zero-order chi connectivity index (χ0) is 15.5. The quantitative estimate of drug-likeness (QED) is 0.687. The highest BCUT2D eigenvalue weighted by atomic mass is 16.5. The Balaban J connectivity index is 2.20. The van der Waals surface area contributed by atoms with Crippen LogP contribution in [0.1, 0.15) is 25.3 Å². The summed E-state index contributed by atoms with van der Waals surface area (Å²) < 4.78 is 10.1. The van der Waals surface area contributed by atoms with Gasteiger partial charge in [0.25, 0.3) is 0 Å². The average Bonchev–Trinajstić information content (AvgIpc) is 2.50. The molecule has 0 bridgehead atoms. The summed E-state index contributed by atoms with van der Waals surface area (Å²) >= 11 is 0. The number of hydrogen-bond acceptors (Lipinski definition) is 3. The number of ether oxygens (including phenoxy) is 2. The van der Waals surface area contributed by atoms with Gasteiger partial charge in [-0.25, -0.2) is 4.79 Å². The van der Waals surface area contributed by atoms with Gasteiger partial charge in [0.1, 0.15) is 5.75 Å². The van der Waals surface area contributed by atoms with Crippen molar-refractivity contribution in [1.82, 2.24) is 10.6 Å². The fourth-order valence-electron chi connectivity index (χ4n) is 1.94. The molecule has 0 aromatic heterocycles. The van der Waals surface area contributed by atoms with Crippen molar-refractivity contribution in [1.29, 1.82) is 0 Å². The monoisotopic (exact) mass is 294 g/mol. The molecule has 5 heteroatoms. The van der Waals surface area contributed by atoms with Gasteiger partial charge < -0.3 is 20.1 Å². The molecule has 0 saturated heterocycles. The number of carbonyl (C=O) groups is 1. The summed E-state index contributed by atoms with van der Waals surface area (Å²) in [4.78, 5) is 11.6. The summed E-state index contributed by atoms with van der Waals surface area (Å²) in [6.07, 6.45) is 2.65. The molecule has 118 valence electrons. The third-order valence-corrected chi connectivity index (χ3v) is 3.21. The summed E-state index contributed by atoms with van der Waals surface area (Å²) in [6.45, 7) is 3.30. The van der Waals surface area contributed by atoms with Crippen molar-refractivity contribution >= 4 is 6.03 Å². The minimum atomic E-state index is -0.117. The number of urea groups is 1. The van der Waals surface area contributed by atoms with Crippen LogP contribution in [0.15, 0.2) is 24.3 Å². The van der Waals surface area contributed by atoms with Crippen LogP contribution in [0.25, 0.3) is 0 Å². The van der Waals surface area contributed by atoms with Crippen molar-refractivity contribution in [2.75, 3.05) is 27.4 Å². The summed E-state index contributed by atoms with van der Waals surface area (Å²) in [5, 5.41) is 5.75. The van der Waals surface area contributed by atoms with Gasteiger partial charge in [0.2, 0.25) is 0 Å². The van der Waals surface area contributed by atoms with Gasteiger partial charge in [-0.2, -0.15) is 0 Å². The smallest absolute Gasteiger partial charge is 0.314 e. The highest BCUT2D eigenvalue weighted by Gasteiger charge is 2.06. The Labute approximate surface area is 127 Å². The maximum Gasteiger partial charge on any atom is 0.314 e. The van der Waals surface area contributed by atoms with E-state index in [0.717, 1.165) is 25.0 Å². The standard InChI is InChI=1S/C16H26N2O3/c1-13(18-16(19)17-11-4-12-20-2)5-6-14-7-9-15(21-3)10-8-14/h7-10,13H,4-6,11-12H2,1-3H3,(H2,17,18,19). The van der Waals surface area contributed by atoms with Crippen molar-refractivity contribution in [3.8, 4) is 5.75 Å². The number of benzene rings is 1. The number of rotatable bonds is 9. The molecule has 1 aromatic carbocycles. The first-order valence-corrected chi connectivity index (χ1v) is 7.32. The van der Waals surface area contributed by atoms with Gasteiger partial charge in [0.15, 0.2) is 0 Å². The lowest BCUT2D eigenvalue weighted by Crippen LogP contribution is -2.41. The van der Waals surface area contributed by atoms with Gasteiger partial charge in [-0.05, 0) is 43.9 Å². The highest BCUT2D eigenvalue weighted by Crippen LogP contribution is 2.13. The third-order valence-electron chi connectivity index (χ3n) is 3.21. The van der Waals surface area contributed by atoms with E-state index in [0.29, 0.717) is 13.2 Å². The number of hydrogen-bond donors (Lipinski definition) is 2. The Morgan fingerprint density at radius 1 is 1.24 bits per heavy atom. The van der Waals surface area contributed by atoms with E-state index < -0.39 is 0 Å². The lowest BCUT2D eigenvalue weighted by molar-refractivity contribution is 0.193. The molecular weight excluding hydrogens is 268 g/mol. The fraction of sp³-hybridized carbons (Fsp3) is 0.562. The van der Waals surface area contributed by atoms with E-state index in [1.54, 1.807) is 14.2 Å². The van der Waals surface area contributed by atoms with Gasteiger partial charge in [-0.3, -0.25) is 0 Å². The second kappa shape index (κ2) is 10.0. The van der Waals surface area contributed by atoms with E-state index in [1.807, 2.05) is 19.1 Å². The Kier molecular flexibility index (Phi) is 8.28. The van der Waals surface area contributed by atoms with E-state index in [1.165, 1.54) is 5.56 Å². The Morgan fingerprint density at radius 2 is 1.95 bits per heavy atom. The SMILES string of the molecule is COCCCNC(=O)NC(C)CCc1ccc(OC)cc1. The molecule has 0 radical (unpaired) electrons. The van der Waals surface area contributed by atoms with Crippen LogP contribution in [0, 0.1) is 0 Å². The van der Waals surface area contributed by atoms with Crippen molar-refractivity contribution in [2.24, 2.45) is 0 Å². The van der Waals surface area contributed by atoms with Gasteiger partial charge in [-0.1, -0.05) is 12.1 Å². The van der Waals surface area contributed by atoms with Gasteiger partial charge >= 0.3 is 6.03 Å². The largest absolute Gasteiger partial charge is 0.497 e. The van der Waals surface area contributed by atoms with Crippen LogP contribution in [0.4, 0.5) is 4.79 Å². The Morgan fingerprint density at radius 3 is 2.57 bits per heavy atom. The number of amides is 2. The number of aryl methyl sites for hydroxylation is 1. The molecule has 1 atom stereocenters. The van der Waals surface area contributed by atoms with Gasteiger partial charge in [0, 0.05) is 26.3 Å². The molecule has 5 nitrogen and oxygen atoms in total.